The number of rotatable bonds is 7. The zero-order valence-corrected chi connectivity index (χ0v) is 19.9. The van der Waals surface area contributed by atoms with Crippen molar-refractivity contribution in [3.63, 3.8) is 0 Å². The molecule has 178 valence electrons. The molecule has 0 bridgehead atoms. The maximum atomic E-state index is 13.1. The van der Waals surface area contributed by atoms with Crippen molar-refractivity contribution in [2.45, 2.75) is 30.8 Å². The Labute approximate surface area is 193 Å². The number of benzene rings is 2. The fourth-order valence-electron chi connectivity index (χ4n) is 3.69. The first-order valence-electron chi connectivity index (χ1n) is 10.8. The van der Waals surface area contributed by atoms with E-state index in [0.29, 0.717) is 0 Å². The van der Waals surface area contributed by atoms with E-state index in [9.17, 15) is 22.8 Å². The highest BCUT2D eigenvalue weighted by atomic mass is 32.2. The number of nitrogens with zero attached hydrogens (tertiary/aromatic N) is 3. The van der Waals surface area contributed by atoms with Crippen molar-refractivity contribution in [2.24, 2.45) is 0 Å². The largest absolute Gasteiger partial charge is 0.453 e. The van der Waals surface area contributed by atoms with Crippen LogP contribution in [-0.4, -0.2) is 86.7 Å². The molecule has 10 heteroatoms. The second-order valence-electron chi connectivity index (χ2n) is 8.16. The number of esters is 1. The van der Waals surface area contributed by atoms with Crippen molar-refractivity contribution in [3.05, 3.63) is 42.5 Å². The minimum absolute atomic E-state index is 0.0564. The second kappa shape index (κ2) is 10.3. The quantitative estimate of drug-likeness (QED) is 0.562. The zero-order valence-electron chi connectivity index (χ0n) is 19.1. The van der Waals surface area contributed by atoms with Gasteiger partial charge in [0, 0.05) is 46.7 Å². The molecular weight excluding hydrogens is 446 g/mol. The molecule has 0 radical (unpaired) electrons. The van der Waals surface area contributed by atoms with Crippen molar-refractivity contribution in [1.82, 2.24) is 14.1 Å². The van der Waals surface area contributed by atoms with Crippen LogP contribution in [0.25, 0.3) is 10.8 Å². The average molecular weight is 476 g/mol. The smallest absolute Gasteiger partial charge is 0.307 e. The lowest BCUT2D eigenvalue weighted by Gasteiger charge is -2.34. The van der Waals surface area contributed by atoms with Gasteiger partial charge in [-0.2, -0.15) is 4.31 Å². The number of piperazine rings is 1. The van der Waals surface area contributed by atoms with Crippen molar-refractivity contribution in [3.8, 4) is 0 Å². The summed E-state index contributed by atoms with van der Waals surface area (Å²) in [7, 11) is -0.541. The molecule has 3 rings (SSSR count). The van der Waals surface area contributed by atoms with Gasteiger partial charge in [0.15, 0.2) is 6.10 Å². The summed E-state index contributed by atoms with van der Waals surface area (Å²) in [4.78, 5) is 39.3. The molecule has 9 nitrogen and oxygen atoms in total. The summed E-state index contributed by atoms with van der Waals surface area (Å²) in [5, 5.41) is 1.81. The highest BCUT2D eigenvalue weighted by Crippen LogP contribution is 2.23. The molecule has 2 aromatic carbocycles. The molecule has 0 spiro atoms. The molecule has 33 heavy (non-hydrogen) atoms. The van der Waals surface area contributed by atoms with Crippen LogP contribution in [0.1, 0.15) is 19.8 Å². The summed E-state index contributed by atoms with van der Waals surface area (Å²) < 4.78 is 32.6. The first kappa shape index (κ1) is 24.7. The Morgan fingerprint density at radius 3 is 2.24 bits per heavy atom. The van der Waals surface area contributed by atoms with Gasteiger partial charge in [0.1, 0.15) is 0 Å². The molecule has 0 aliphatic carbocycles. The van der Waals surface area contributed by atoms with Gasteiger partial charge in [-0.05, 0) is 29.8 Å². The fourth-order valence-corrected chi connectivity index (χ4v) is 5.15. The van der Waals surface area contributed by atoms with Gasteiger partial charge >= 0.3 is 5.97 Å². The number of amides is 2. The minimum Gasteiger partial charge on any atom is -0.453 e. The van der Waals surface area contributed by atoms with Crippen LogP contribution >= 0.6 is 0 Å². The molecular formula is C23H29N3O6S. The maximum Gasteiger partial charge on any atom is 0.307 e. The number of sulfonamides is 1. The Bertz CT molecular complexity index is 1140. The summed E-state index contributed by atoms with van der Waals surface area (Å²) in [6, 6.07) is 12.6. The topological polar surface area (TPSA) is 104 Å². The van der Waals surface area contributed by atoms with Gasteiger partial charge in [0.2, 0.25) is 15.9 Å². The lowest BCUT2D eigenvalue weighted by atomic mass is 10.1. The summed E-state index contributed by atoms with van der Waals surface area (Å²) >= 11 is 0. The van der Waals surface area contributed by atoms with E-state index in [1.54, 1.807) is 37.2 Å². The summed E-state index contributed by atoms with van der Waals surface area (Å²) in [5.74, 6) is -1.21. The highest BCUT2D eigenvalue weighted by Gasteiger charge is 2.30. The Kier molecular flexibility index (Phi) is 7.70. The van der Waals surface area contributed by atoms with Crippen molar-refractivity contribution in [2.75, 3.05) is 40.3 Å². The fraction of sp³-hybridized carbons (Fsp3) is 0.435. The first-order chi connectivity index (χ1) is 15.6. The molecule has 1 heterocycles. The second-order valence-corrected chi connectivity index (χ2v) is 10.1. The number of hydrogen-bond donors (Lipinski definition) is 0. The molecule has 2 aromatic rings. The highest BCUT2D eigenvalue weighted by molar-refractivity contribution is 7.89. The standard InChI is InChI=1S/C23H29N3O6S/c1-17(23(29)24(2)3)32-22(28)11-10-21(27)25-12-14-26(15-13-25)33(30,31)20-9-8-18-6-4-5-7-19(18)16-20/h4-9,16-17H,10-15H2,1-3H3. The third kappa shape index (κ3) is 5.88. The van der Waals surface area contributed by atoms with Gasteiger partial charge in [0.05, 0.1) is 11.3 Å². The lowest BCUT2D eigenvalue weighted by molar-refractivity contribution is -0.158. The molecule has 0 N–H and O–H groups in total. The number of hydrogen-bond acceptors (Lipinski definition) is 6. The summed E-state index contributed by atoms with van der Waals surface area (Å²) in [6.45, 7) is 2.34. The molecule has 1 saturated heterocycles. The monoisotopic (exact) mass is 475 g/mol. The van der Waals surface area contributed by atoms with E-state index in [4.69, 9.17) is 4.74 Å². The molecule has 1 unspecified atom stereocenters. The van der Waals surface area contributed by atoms with Crippen LogP contribution in [0.2, 0.25) is 0 Å². The molecule has 1 fully saturated rings. The van der Waals surface area contributed by atoms with Crippen LogP contribution in [-0.2, 0) is 29.1 Å². The van der Waals surface area contributed by atoms with E-state index in [0.717, 1.165) is 10.8 Å². The van der Waals surface area contributed by atoms with Gasteiger partial charge in [-0.1, -0.05) is 30.3 Å². The third-order valence-electron chi connectivity index (χ3n) is 5.59. The van der Waals surface area contributed by atoms with Crippen LogP contribution in [0, 0.1) is 0 Å². The number of carbonyl (C=O) groups is 3. The molecule has 2 amide bonds. The van der Waals surface area contributed by atoms with Crippen LogP contribution in [0.4, 0.5) is 0 Å². The average Bonchev–Trinajstić information content (AvgIpc) is 2.81. The summed E-state index contributed by atoms with van der Waals surface area (Å²) in [6.07, 6.45) is -1.11. The molecule has 1 aliphatic heterocycles. The minimum atomic E-state index is -3.67. The number of carbonyl (C=O) groups excluding carboxylic acids is 3. The van der Waals surface area contributed by atoms with E-state index < -0.39 is 22.1 Å². The molecule has 0 aromatic heterocycles. The van der Waals surface area contributed by atoms with Gasteiger partial charge in [-0.15, -0.1) is 0 Å². The Hall–Kier alpha value is -2.98. The van der Waals surface area contributed by atoms with Crippen molar-refractivity contribution >= 4 is 38.6 Å². The van der Waals surface area contributed by atoms with E-state index in [2.05, 4.69) is 0 Å². The van der Waals surface area contributed by atoms with Gasteiger partial charge in [-0.25, -0.2) is 8.42 Å². The lowest BCUT2D eigenvalue weighted by Crippen LogP contribution is -2.50. The number of ether oxygens (including phenoxy) is 1. The van der Waals surface area contributed by atoms with E-state index in [-0.39, 0.29) is 55.7 Å². The maximum absolute atomic E-state index is 13.1. The Morgan fingerprint density at radius 1 is 0.970 bits per heavy atom. The third-order valence-corrected chi connectivity index (χ3v) is 7.48. The van der Waals surface area contributed by atoms with Crippen LogP contribution in [0.5, 0.6) is 0 Å². The van der Waals surface area contributed by atoms with E-state index in [1.165, 1.54) is 16.1 Å². The van der Waals surface area contributed by atoms with Crippen LogP contribution < -0.4 is 0 Å². The van der Waals surface area contributed by atoms with Gasteiger partial charge in [0.25, 0.3) is 5.91 Å². The van der Waals surface area contributed by atoms with E-state index in [1.807, 2.05) is 24.3 Å². The molecule has 0 saturated carbocycles. The van der Waals surface area contributed by atoms with Crippen molar-refractivity contribution in [1.29, 1.82) is 0 Å². The van der Waals surface area contributed by atoms with Crippen LogP contribution in [0.3, 0.4) is 0 Å². The number of fused-ring (bicyclic) bond motifs is 1. The van der Waals surface area contributed by atoms with Gasteiger partial charge < -0.3 is 14.5 Å². The Balaban J connectivity index is 1.51. The zero-order chi connectivity index (χ0) is 24.2. The molecule has 1 aliphatic rings. The predicted octanol–water partition coefficient (Wildman–Crippen LogP) is 1.47. The van der Waals surface area contributed by atoms with E-state index >= 15 is 0 Å². The summed E-state index contributed by atoms with van der Waals surface area (Å²) in [5.41, 5.74) is 0. The molecule has 1 atom stereocenters. The first-order valence-corrected chi connectivity index (χ1v) is 12.2. The number of likely N-dealkylation sites (N-methyl/N-ethyl adjacent to an activating group) is 1. The predicted molar refractivity (Wildman–Crippen MR) is 123 cm³/mol. The van der Waals surface area contributed by atoms with Gasteiger partial charge in [-0.3, -0.25) is 14.4 Å². The van der Waals surface area contributed by atoms with Crippen LogP contribution in [0.15, 0.2) is 47.4 Å². The normalized spacial score (nSPS) is 15.8. The van der Waals surface area contributed by atoms with Crippen molar-refractivity contribution < 1.29 is 27.5 Å². The Morgan fingerprint density at radius 2 is 1.61 bits per heavy atom. The SMILES string of the molecule is CC(OC(=O)CCC(=O)N1CCN(S(=O)(=O)c2ccc3ccccc3c2)CC1)C(=O)N(C)C.